The highest BCUT2D eigenvalue weighted by Gasteiger charge is 2.10. The second kappa shape index (κ2) is 13.1. The van der Waals surface area contributed by atoms with E-state index in [1.165, 1.54) is 0 Å². The van der Waals surface area contributed by atoms with Crippen molar-refractivity contribution in [2.24, 2.45) is 12.0 Å². The molecule has 1 aromatic heterocycles. The Morgan fingerprint density at radius 3 is 2.57 bits per heavy atom. The van der Waals surface area contributed by atoms with Crippen LogP contribution in [0.1, 0.15) is 23.6 Å². The summed E-state index contributed by atoms with van der Waals surface area (Å²) in [6.07, 6.45) is 1.05. The summed E-state index contributed by atoms with van der Waals surface area (Å²) in [5.41, 5.74) is 1.11. The van der Waals surface area contributed by atoms with Crippen molar-refractivity contribution in [3.05, 3.63) is 46.5 Å². The van der Waals surface area contributed by atoms with Gasteiger partial charge in [0.1, 0.15) is 5.82 Å². The molecule has 0 unspecified atom stereocenters. The zero-order valence-corrected chi connectivity index (χ0v) is 20.7. The molecule has 0 atom stereocenters. The van der Waals surface area contributed by atoms with Gasteiger partial charge in [0.25, 0.3) is 0 Å². The van der Waals surface area contributed by atoms with E-state index in [1.807, 2.05) is 42.8 Å². The Labute approximate surface area is 200 Å². The van der Waals surface area contributed by atoms with E-state index in [4.69, 9.17) is 21.3 Å². The first-order valence-corrected chi connectivity index (χ1v) is 10.4. The Morgan fingerprint density at radius 1 is 1.17 bits per heavy atom. The van der Waals surface area contributed by atoms with E-state index < -0.39 is 0 Å². The summed E-state index contributed by atoms with van der Waals surface area (Å²) >= 11 is 5.97. The molecule has 8 nitrogen and oxygen atoms in total. The molecule has 0 amide bonds. The summed E-state index contributed by atoms with van der Waals surface area (Å²) in [4.78, 5) is 7.16. The van der Waals surface area contributed by atoms with Crippen molar-refractivity contribution in [3.63, 3.8) is 0 Å². The van der Waals surface area contributed by atoms with Gasteiger partial charge in [-0.15, -0.1) is 34.2 Å². The lowest BCUT2D eigenvalue weighted by molar-refractivity contribution is 0.0376. The summed E-state index contributed by atoms with van der Waals surface area (Å²) < 4.78 is 7.38. The van der Waals surface area contributed by atoms with Gasteiger partial charge >= 0.3 is 0 Å². The summed E-state index contributed by atoms with van der Waals surface area (Å²) in [6.45, 7) is 8.68. The number of rotatable bonds is 8. The third-order valence-electron chi connectivity index (χ3n) is 4.98. The number of halogens is 2. The predicted molar refractivity (Wildman–Crippen MR) is 130 cm³/mol. The molecule has 3 rings (SSSR count). The molecule has 10 heteroatoms. The molecule has 0 saturated carbocycles. The standard InChI is InChI=1S/C20H30ClN7O.HI/c1-16-25-26-19(27(16)2)15-24-20(23-14-17-4-6-18(21)7-5-17)22-8-3-9-28-10-12-29-13-11-28;/h4-7H,3,8-15H2,1-2H3,(H2,22,23,24);1H. The van der Waals surface area contributed by atoms with Crippen LogP contribution in [0.4, 0.5) is 0 Å². The lowest BCUT2D eigenvalue weighted by Crippen LogP contribution is -2.40. The van der Waals surface area contributed by atoms with Crippen LogP contribution >= 0.6 is 35.6 Å². The number of morpholine rings is 1. The Hall–Kier alpha value is -1.43. The Balaban J connectivity index is 0.00000320. The fraction of sp³-hybridized carbons (Fsp3) is 0.550. The number of hydrogen-bond acceptors (Lipinski definition) is 5. The van der Waals surface area contributed by atoms with Gasteiger partial charge < -0.3 is 19.9 Å². The van der Waals surface area contributed by atoms with Crippen LogP contribution in [0.15, 0.2) is 29.3 Å². The average molecular weight is 548 g/mol. The molecule has 0 radical (unpaired) electrons. The lowest BCUT2D eigenvalue weighted by Gasteiger charge is -2.26. The molecule has 30 heavy (non-hydrogen) atoms. The van der Waals surface area contributed by atoms with Gasteiger partial charge in [0.15, 0.2) is 11.8 Å². The zero-order valence-electron chi connectivity index (χ0n) is 17.6. The molecule has 0 bridgehead atoms. The van der Waals surface area contributed by atoms with Gasteiger partial charge in [0.05, 0.1) is 26.3 Å². The highest BCUT2D eigenvalue weighted by molar-refractivity contribution is 14.0. The first kappa shape index (κ1) is 24.8. The number of hydrogen-bond donors (Lipinski definition) is 2. The smallest absolute Gasteiger partial charge is 0.191 e. The number of aliphatic imine (C=N–C) groups is 1. The van der Waals surface area contributed by atoms with Gasteiger partial charge in [-0.25, -0.2) is 4.99 Å². The van der Waals surface area contributed by atoms with Crippen molar-refractivity contribution < 1.29 is 4.74 Å². The minimum Gasteiger partial charge on any atom is -0.379 e. The van der Waals surface area contributed by atoms with Gasteiger partial charge in [-0.05, 0) is 37.6 Å². The number of benzene rings is 1. The van der Waals surface area contributed by atoms with Gasteiger partial charge in [-0.3, -0.25) is 4.90 Å². The van der Waals surface area contributed by atoms with E-state index in [1.54, 1.807) is 0 Å². The van der Waals surface area contributed by atoms with Crippen molar-refractivity contribution in [1.29, 1.82) is 0 Å². The molecule has 0 aliphatic carbocycles. The maximum absolute atomic E-state index is 5.97. The van der Waals surface area contributed by atoms with Gasteiger partial charge in [-0.2, -0.15) is 0 Å². The topological polar surface area (TPSA) is 79.6 Å². The van der Waals surface area contributed by atoms with E-state index in [-0.39, 0.29) is 24.0 Å². The van der Waals surface area contributed by atoms with E-state index in [2.05, 4.69) is 25.7 Å². The van der Waals surface area contributed by atoms with Crippen molar-refractivity contribution in [2.45, 2.75) is 26.4 Å². The molecule has 1 aromatic carbocycles. The zero-order chi connectivity index (χ0) is 20.5. The van der Waals surface area contributed by atoms with Crippen molar-refractivity contribution in [1.82, 2.24) is 30.3 Å². The van der Waals surface area contributed by atoms with E-state index in [9.17, 15) is 0 Å². The number of guanidine groups is 1. The van der Waals surface area contributed by atoms with Crippen LogP contribution in [-0.2, 0) is 24.9 Å². The van der Waals surface area contributed by atoms with Crippen molar-refractivity contribution in [2.75, 3.05) is 39.4 Å². The summed E-state index contributed by atoms with van der Waals surface area (Å²) in [7, 11) is 1.96. The number of aryl methyl sites for hydroxylation is 1. The third kappa shape index (κ3) is 8.01. The fourth-order valence-electron chi connectivity index (χ4n) is 3.04. The molecule has 2 aromatic rings. The number of ether oxygens (including phenoxy) is 1. The minimum atomic E-state index is 0. The van der Waals surface area contributed by atoms with Crippen LogP contribution in [-0.4, -0.2) is 65.0 Å². The summed E-state index contributed by atoms with van der Waals surface area (Å²) in [6, 6.07) is 7.76. The van der Waals surface area contributed by atoms with Crippen LogP contribution in [0.5, 0.6) is 0 Å². The summed E-state index contributed by atoms with van der Waals surface area (Å²) in [5, 5.41) is 15.8. The molecule has 1 aliphatic rings. The Bertz CT molecular complexity index is 791. The van der Waals surface area contributed by atoms with Gasteiger partial charge in [0, 0.05) is 31.7 Å². The first-order chi connectivity index (χ1) is 14.1. The van der Waals surface area contributed by atoms with Crippen molar-refractivity contribution >= 4 is 41.5 Å². The van der Waals surface area contributed by atoms with Crippen LogP contribution < -0.4 is 10.6 Å². The molecule has 1 aliphatic heterocycles. The molecule has 1 saturated heterocycles. The van der Waals surface area contributed by atoms with Crippen LogP contribution in [0.2, 0.25) is 5.02 Å². The highest BCUT2D eigenvalue weighted by Crippen LogP contribution is 2.10. The Kier molecular flexibility index (Phi) is 10.8. The first-order valence-electron chi connectivity index (χ1n) is 10.0. The molecule has 166 valence electrons. The average Bonchev–Trinajstić information content (AvgIpc) is 3.06. The van der Waals surface area contributed by atoms with E-state index in [0.29, 0.717) is 13.1 Å². The molecule has 2 heterocycles. The van der Waals surface area contributed by atoms with Gasteiger partial charge in [-0.1, -0.05) is 23.7 Å². The van der Waals surface area contributed by atoms with Gasteiger partial charge in [0.2, 0.25) is 0 Å². The summed E-state index contributed by atoms with van der Waals surface area (Å²) in [5.74, 6) is 2.53. The normalized spacial score (nSPS) is 15.0. The number of aromatic nitrogens is 3. The van der Waals surface area contributed by atoms with E-state index in [0.717, 1.165) is 74.0 Å². The fourth-order valence-corrected chi connectivity index (χ4v) is 3.16. The maximum atomic E-state index is 5.97. The SMILES string of the molecule is Cc1nnc(CNC(=NCc2ccc(Cl)cc2)NCCCN2CCOCC2)n1C.I. The monoisotopic (exact) mass is 547 g/mol. The van der Waals surface area contributed by atoms with Crippen LogP contribution in [0.3, 0.4) is 0 Å². The van der Waals surface area contributed by atoms with Crippen LogP contribution in [0, 0.1) is 6.92 Å². The largest absolute Gasteiger partial charge is 0.379 e. The molecule has 0 spiro atoms. The van der Waals surface area contributed by atoms with Crippen molar-refractivity contribution in [3.8, 4) is 0 Å². The minimum absolute atomic E-state index is 0. The van der Waals surface area contributed by atoms with Crippen LogP contribution in [0.25, 0.3) is 0 Å². The molecule has 2 N–H and O–H groups in total. The molecular formula is C20H31ClIN7O. The highest BCUT2D eigenvalue weighted by atomic mass is 127. The quantitative estimate of drug-likeness (QED) is 0.229. The predicted octanol–water partition coefficient (Wildman–Crippen LogP) is 2.35. The molecule has 1 fully saturated rings. The second-order valence-electron chi connectivity index (χ2n) is 7.10. The number of nitrogens with one attached hydrogen (secondary N) is 2. The third-order valence-corrected chi connectivity index (χ3v) is 5.23. The number of nitrogens with zero attached hydrogens (tertiary/aromatic N) is 5. The lowest BCUT2D eigenvalue weighted by atomic mass is 10.2. The maximum Gasteiger partial charge on any atom is 0.191 e. The Morgan fingerprint density at radius 2 is 1.90 bits per heavy atom. The van der Waals surface area contributed by atoms with E-state index >= 15 is 0 Å². The molecular weight excluding hydrogens is 517 g/mol. The second-order valence-corrected chi connectivity index (χ2v) is 7.54.